The molecule has 19 heavy (non-hydrogen) atoms. The Bertz CT molecular complexity index is 558. The third-order valence-corrected chi connectivity index (χ3v) is 3.84. The summed E-state index contributed by atoms with van der Waals surface area (Å²) >= 11 is 0. The van der Waals surface area contributed by atoms with Gasteiger partial charge >= 0.3 is 0 Å². The molecule has 1 aromatic carbocycles. The van der Waals surface area contributed by atoms with Crippen LogP contribution in [0.15, 0.2) is 23.1 Å². The van der Waals surface area contributed by atoms with Gasteiger partial charge in [-0.1, -0.05) is 0 Å². The van der Waals surface area contributed by atoms with E-state index in [9.17, 15) is 18.5 Å². The van der Waals surface area contributed by atoms with Crippen molar-refractivity contribution in [3.63, 3.8) is 0 Å². The number of anilines is 1. The van der Waals surface area contributed by atoms with Gasteiger partial charge in [0.1, 0.15) is 0 Å². The summed E-state index contributed by atoms with van der Waals surface area (Å²) in [6, 6.07) is 3.82. The molecule has 0 bridgehead atoms. The van der Waals surface area contributed by atoms with E-state index in [0.717, 1.165) is 0 Å². The molecule has 106 valence electrons. The van der Waals surface area contributed by atoms with Crippen molar-refractivity contribution in [2.75, 3.05) is 32.6 Å². The minimum Gasteiger partial charge on any atom is -0.388 e. The van der Waals surface area contributed by atoms with E-state index in [1.165, 1.54) is 25.3 Å². The number of sulfonamides is 1. The maximum atomic E-state index is 11.9. The molecule has 0 unspecified atom stereocenters. The fraction of sp³-hybridized carbons (Fsp3) is 0.400. The van der Waals surface area contributed by atoms with Gasteiger partial charge in [-0.05, 0) is 12.1 Å². The fourth-order valence-electron chi connectivity index (χ4n) is 1.40. The zero-order valence-electron chi connectivity index (χ0n) is 10.5. The third-order valence-electron chi connectivity index (χ3n) is 2.33. The first kappa shape index (κ1) is 15.3. The molecule has 0 aromatic heterocycles. The minimum absolute atomic E-state index is 0.0454. The zero-order chi connectivity index (χ0) is 14.5. The van der Waals surface area contributed by atoms with Crippen LogP contribution in [0, 0.1) is 10.1 Å². The summed E-state index contributed by atoms with van der Waals surface area (Å²) in [6.45, 7) is 0.228. The van der Waals surface area contributed by atoms with Crippen molar-refractivity contribution in [2.24, 2.45) is 0 Å². The lowest BCUT2D eigenvalue weighted by Gasteiger charge is -2.08. The number of methoxy groups -OCH3 is 1. The van der Waals surface area contributed by atoms with Crippen molar-refractivity contribution in [1.82, 2.24) is 4.72 Å². The van der Waals surface area contributed by atoms with Crippen LogP contribution in [-0.2, 0) is 14.8 Å². The Hall–Kier alpha value is -1.71. The highest BCUT2D eigenvalue weighted by Crippen LogP contribution is 2.26. The summed E-state index contributed by atoms with van der Waals surface area (Å²) in [5.74, 6) is 0. The summed E-state index contributed by atoms with van der Waals surface area (Å²) in [5, 5.41) is 13.6. The van der Waals surface area contributed by atoms with Crippen LogP contribution < -0.4 is 10.0 Å². The average molecular weight is 289 g/mol. The van der Waals surface area contributed by atoms with Gasteiger partial charge in [0.25, 0.3) is 5.69 Å². The number of nitrogens with zero attached hydrogens (tertiary/aromatic N) is 1. The van der Waals surface area contributed by atoms with E-state index in [0.29, 0.717) is 5.69 Å². The largest absolute Gasteiger partial charge is 0.388 e. The molecule has 9 heteroatoms. The van der Waals surface area contributed by atoms with Crippen molar-refractivity contribution < 1.29 is 18.1 Å². The van der Waals surface area contributed by atoms with E-state index in [2.05, 4.69) is 10.0 Å². The summed E-state index contributed by atoms with van der Waals surface area (Å²) in [6.07, 6.45) is 0. The molecule has 0 spiro atoms. The molecule has 0 atom stereocenters. The first-order chi connectivity index (χ1) is 8.92. The van der Waals surface area contributed by atoms with Gasteiger partial charge in [0, 0.05) is 32.5 Å². The normalized spacial score (nSPS) is 11.3. The van der Waals surface area contributed by atoms with Gasteiger partial charge in [-0.15, -0.1) is 0 Å². The molecule has 1 rings (SSSR count). The molecular weight excluding hydrogens is 274 g/mol. The van der Waals surface area contributed by atoms with Crippen molar-refractivity contribution in [3.8, 4) is 0 Å². The molecule has 8 nitrogen and oxygen atoms in total. The van der Waals surface area contributed by atoms with E-state index in [-0.39, 0.29) is 18.0 Å². The van der Waals surface area contributed by atoms with Crippen LogP contribution >= 0.6 is 0 Å². The van der Waals surface area contributed by atoms with Gasteiger partial charge in [-0.25, -0.2) is 13.1 Å². The first-order valence-electron chi connectivity index (χ1n) is 5.37. The van der Waals surface area contributed by atoms with E-state index >= 15 is 0 Å². The highest BCUT2D eigenvalue weighted by Gasteiger charge is 2.25. The molecule has 2 N–H and O–H groups in total. The Balaban J connectivity index is 3.15. The smallest absolute Gasteiger partial charge is 0.291 e. The molecule has 0 aliphatic rings. The number of nitro benzene ring substituents is 1. The van der Waals surface area contributed by atoms with Crippen LogP contribution in [0.1, 0.15) is 0 Å². The molecular formula is C10H15N3O5S. The van der Waals surface area contributed by atoms with Crippen LogP contribution in [0.3, 0.4) is 0 Å². The van der Waals surface area contributed by atoms with E-state index in [1.807, 2.05) is 0 Å². The molecule has 0 aliphatic heterocycles. The molecule has 0 heterocycles. The van der Waals surface area contributed by atoms with Gasteiger partial charge in [0.05, 0.1) is 11.5 Å². The molecule has 0 radical (unpaired) electrons. The molecule has 0 fully saturated rings. The van der Waals surface area contributed by atoms with Gasteiger partial charge in [0.15, 0.2) is 4.90 Å². The topological polar surface area (TPSA) is 111 Å². The number of ether oxygens (including phenoxy) is 1. The molecule has 0 aliphatic carbocycles. The zero-order valence-corrected chi connectivity index (χ0v) is 11.4. The van der Waals surface area contributed by atoms with E-state index < -0.39 is 20.6 Å². The maximum absolute atomic E-state index is 11.9. The standard InChI is InChI=1S/C10H15N3O5S/c1-11-8-3-4-10(9(7-8)13(14)15)19(16,17)12-5-6-18-2/h3-4,7,11-12H,5-6H2,1-2H3. The van der Waals surface area contributed by atoms with Crippen LogP contribution in [0.25, 0.3) is 0 Å². The van der Waals surface area contributed by atoms with Crippen molar-refractivity contribution in [1.29, 1.82) is 0 Å². The van der Waals surface area contributed by atoms with Gasteiger partial charge in [-0.3, -0.25) is 10.1 Å². The predicted octanol–water partition coefficient (Wildman–Crippen LogP) is 0.561. The third kappa shape index (κ3) is 3.88. The van der Waals surface area contributed by atoms with Crippen molar-refractivity contribution >= 4 is 21.4 Å². The summed E-state index contributed by atoms with van der Waals surface area (Å²) in [5.41, 5.74) is -0.0145. The Morgan fingerprint density at radius 2 is 2.11 bits per heavy atom. The van der Waals surface area contributed by atoms with E-state index in [4.69, 9.17) is 4.74 Å². The predicted molar refractivity (Wildman–Crippen MR) is 69.7 cm³/mol. The average Bonchev–Trinajstić information content (AvgIpc) is 2.38. The second-order valence-electron chi connectivity index (χ2n) is 3.58. The quantitative estimate of drug-likeness (QED) is 0.431. The Morgan fingerprint density at radius 1 is 1.42 bits per heavy atom. The second kappa shape index (κ2) is 6.45. The number of nitro groups is 1. The van der Waals surface area contributed by atoms with Gasteiger partial charge in [0.2, 0.25) is 10.0 Å². The summed E-state index contributed by atoms with van der Waals surface area (Å²) in [7, 11) is -0.916. The number of hydrogen-bond acceptors (Lipinski definition) is 6. The van der Waals surface area contributed by atoms with Crippen LogP contribution in [0.5, 0.6) is 0 Å². The fourth-order valence-corrected chi connectivity index (χ4v) is 2.56. The Kier molecular flexibility index (Phi) is 5.21. The number of hydrogen-bond donors (Lipinski definition) is 2. The van der Waals surface area contributed by atoms with E-state index in [1.54, 1.807) is 7.05 Å². The SMILES string of the molecule is CNc1ccc(S(=O)(=O)NCCOC)c([N+](=O)[O-])c1. The molecule has 0 amide bonds. The highest BCUT2D eigenvalue weighted by atomic mass is 32.2. The second-order valence-corrected chi connectivity index (χ2v) is 5.32. The number of benzene rings is 1. The van der Waals surface area contributed by atoms with Crippen molar-refractivity contribution in [3.05, 3.63) is 28.3 Å². The summed E-state index contributed by atoms with van der Waals surface area (Å²) in [4.78, 5) is 9.83. The number of rotatable bonds is 7. The number of nitrogens with one attached hydrogen (secondary N) is 2. The lowest BCUT2D eigenvalue weighted by atomic mass is 10.3. The molecule has 0 saturated heterocycles. The van der Waals surface area contributed by atoms with Crippen LogP contribution in [0.4, 0.5) is 11.4 Å². The highest BCUT2D eigenvalue weighted by molar-refractivity contribution is 7.89. The minimum atomic E-state index is -3.93. The van der Waals surface area contributed by atoms with Crippen molar-refractivity contribution in [2.45, 2.75) is 4.90 Å². The van der Waals surface area contributed by atoms with Crippen LogP contribution in [-0.4, -0.2) is 40.7 Å². The van der Waals surface area contributed by atoms with Crippen LogP contribution in [0.2, 0.25) is 0 Å². The summed E-state index contributed by atoms with van der Waals surface area (Å²) < 4.78 is 30.8. The van der Waals surface area contributed by atoms with Gasteiger partial charge in [-0.2, -0.15) is 0 Å². The molecule has 0 saturated carbocycles. The lowest BCUT2D eigenvalue weighted by Crippen LogP contribution is -2.27. The Labute approximate surface area is 111 Å². The molecule has 1 aromatic rings. The monoisotopic (exact) mass is 289 g/mol. The maximum Gasteiger partial charge on any atom is 0.291 e. The lowest BCUT2D eigenvalue weighted by molar-refractivity contribution is -0.387. The van der Waals surface area contributed by atoms with Gasteiger partial charge < -0.3 is 10.1 Å². The first-order valence-corrected chi connectivity index (χ1v) is 6.85. The Morgan fingerprint density at radius 3 is 2.63 bits per heavy atom.